The number of carbonyl (C=O) groups is 1. The molecule has 7 heteroatoms. The fourth-order valence-corrected chi connectivity index (χ4v) is 3.55. The summed E-state index contributed by atoms with van der Waals surface area (Å²) in [5.74, 6) is 1.03. The third kappa shape index (κ3) is 3.53. The van der Waals surface area contributed by atoms with Crippen molar-refractivity contribution < 1.29 is 4.79 Å². The first-order valence-corrected chi connectivity index (χ1v) is 9.19. The van der Waals surface area contributed by atoms with Gasteiger partial charge in [0.2, 0.25) is 0 Å². The summed E-state index contributed by atoms with van der Waals surface area (Å²) >= 11 is 0. The molecule has 2 aliphatic rings. The summed E-state index contributed by atoms with van der Waals surface area (Å²) in [7, 11) is 2.15. The van der Waals surface area contributed by atoms with Crippen molar-refractivity contribution in [2.24, 2.45) is 0 Å². The van der Waals surface area contributed by atoms with E-state index in [1.165, 1.54) is 5.56 Å². The van der Waals surface area contributed by atoms with E-state index in [1.807, 2.05) is 4.90 Å². The summed E-state index contributed by atoms with van der Waals surface area (Å²) in [5, 5.41) is 8.94. The summed E-state index contributed by atoms with van der Waals surface area (Å²) in [5.41, 5.74) is 2.93. The molecule has 0 atom stereocenters. The number of hydrogen-bond donors (Lipinski definition) is 0. The number of carbonyl (C=O) groups excluding carboxylic acids is 1. The molecule has 0 radical (unpaired) electrons. The van der Waals surface area contributed by atoms with Gasteiger partial charge in [-0.05, 0) is 37.2 Å². The van der Waals surface area contributed by atoms with E-state index >= 15 is 0 Å². The summed E-state index contributed by atoms with van der Waals surface area (Å²) in [6, 6.07) is 5.71. The largest absolute Gasteiger partial charge is 0.353 e. The highest BCUT2D eigenvalue weighted by atomic mass is 16.2. The first kappa shape index (κ1) is 16.9. The molecule has 0 aliphatic carbocycles. The number of amides is 1. The molecule has 0 unspecified atom stereocenters. The Morgan fingerprint density at radius 1 is 0.962 bits per heavy atom. The third-order valence-corrected chi connectivity index (χ3v) is 5.26. The van der Waals surface area contributed by atoms with E-state index in [0.717, 1.165) is 50.5 Å². The van der Waals surface area contributed by atoms with Crippen LogP contribution in [-0.2, 0) is 12.8 Å². The Morgan fingerprint density at radius 3 is 2.46 bits per heavy atom. The average molecular weight is 352 g/mol. The molecule has 1 saturated heterocycles. The zero-order valence-corrected chi connectivity index (χ0v) is 15.1. The second kappa shape index (κ2) is 7.37. The van der Waals surface area contributed by atoms with Crippen LogP contribution in [0.15, 0.2) is 30.6 Å². The summed E-state index contributed by atoms with van der Waals surface area (Å²) in [4.78, 5) is 23.2. The number of aromatic nitrogens is 3. The zero-order chi connectivity index (χ0) is 17.9. The molecule has 2 aliphatic heterocycles. The molecule has 4 rings (SSSR count). The summed E-state index contributed by atoms with van der Waals surface area (Å²) < 4.78 is 0. The van der Waals surface area contributed by atoms with Crippen LogP contribution in [0.1, 0.15) is 21.6 Å². The maximum atomic E-state index is 12.7. The fraction of sp³-hybridized carbons (Fsp3) is 0.474. The average Bonchev–Trinajstić information content (AvgIpc) is 2.91. The van der Waals surface area contributed by atoms with E-state index < -0.39 is 0 Å². The van der Waals surface area contributed by atoms with Gasteiger partial charge in [0.05, 0.1) is 5.69 Å². The molecule has 2 aromatic heterocycles. The Labute approximate surface area is 153 Å². The fourth-order valence-electron chi connectivity index (χ4n) is 3.55. The van der Waals surface area contributed by atoms with Crippen molar-refractivity contribution in [2.75, 3.05) is 51.2 Å². The third-order valence-electron chi connectivity index (χ3n) is 5.26. The topological polar surface area (TPSA) is 65.5 Å². The predicted molar refractivity (Wildman–Crippen MR) is 99.3 cm³/mol. The predicted octanol–water partition coefficient (Wildman–Crippen LogP) is 0.864. The lowest BCUT2D eigenvalue weighted by Crippen LogP contribution is -2.45. The lowest BCUT2D eigenvalue weighted by atomic mass is 10.1. The van der Waals surface area contributed by atoms with Gasteiger partial charge in [0.25, 0.3) is 5.91 Å². The van der Waals surface area contributed by atoms with Crippen LogP contribution in [0.25, 0.3) is 0 Å². The number of anilines is 1. The Bertz CT molecular complexity index is 773. The maximum Gasteiger partial charge on any atom is 0.253 e. The minimum Gasteiger partial charge on any atom is -0.353 e. The summed E-state index contributed by atoms with van der Waals surface area (Å²) in [6.45, 7) is 5.45. The van der Waals surface area contributed by atoms with Crippen LogP contribution < -0.4 is 4.90 Å². The van der Waals surface area contributed by atoms with Crippen LogP contribution in [0, 0.1) is 0 Å². The number of pyridine rings is 1. The van der Waals surface area contributed by atoms with Crippen molar-refractivity contribution in [1.29, 1.82) is 0 Å². The molecular formula is C19H24N6O. The molecule has 0 spiro atoms. The van der Waals surface area contributed by atoms with Crippen molar-refractivity contribution in [3.05, 3.63) is 47.4 Å². The number of rotatable bonds is 2. The first-order valence-electron chi connectivity index (χ1n) is 9.19. The summed E-state index contributed by atoms with van der Waals surface area (Å²) in [6.07, 6.45) is 4.89. The lowest BCUT2D eigenvalue weighted by molar-refractivity contribution is 0.0763. The smallest absolute Gasteiger partial charge is 0.253 e. The van der Waals surface area contributed by atoms with Crippen molar-refractivity contribution in [3.63, 3.8) is 0 Å². The lowest BCUT2D eigenvalue weighted by Gasteiger charge is -2.33. The number of fused-ring (bicyclic) bond motifs is 1. The van der Waals surface area contributed by atoms with Gasteiger partial charge >= 0.3 is 0 Å². The van der Waals surface area contributed by atoms with Crippen LogP contribution >= 0.6 is 0 Å². The quantitative estimate of drug-likeness (QED) is 0.799. The van der Waals surface area contributed by atoms with E-state index in [9.17, 15) is 4.79 Å². The van der Waals surface area contributed by atoms with Crippen LogP contribution in [-0.4, -0.2) is 77.2 Å². The van der Waals surface area contributed by atoms with Crippen molar-refractivity contribution in [2.45, 2.75) is 12.8 Å². The highest BCUT2D eigenvalue weighted by molar-refractivity contribution is 5.94. The standard InChI is InChI=1S/C19H24N6O/c1-23-10-12-24(13-11-23)18-14-16-4-8-25(9-5-17(16)21-22-18)19(26)15-2-6-20-7-3-15/h2-3,6-7,14H,4-5,8-13H2,1H3. The second-order valence-corrected chi connectivity index (χ2v) is 6.99. The van der Waals surface area contributed by atoms with Crippen molar-refractivity contribution in [3.8, 4) is 0 Å². The second-order valence-electron chi connectivity index (χ2n) is 6.99. The molecule has 1 fully saturated rings. The zero-order valence-electron chi connectivity index (χ0n) is 15.1. The van der Waals surface area contributed by atoms with E-state index in [-0.39, 0.29) is 5.91 Å². The Balaban J connectivity index is 1.47. The maximum absolute atomic E-state index is 12.7. The first-order chi connectivity index (χ1) is 12.7. The monoisotopic (exact) mass is 352 g/mol. The van der Waals surface area contributed by atoms with Crippen molar-refractivity contribution in [1.82, 2.24) is 25.0 Å². The van der Waals surface area contributed by atoms with Gasteiger partial charge in [-0.25, -0.2) is 0 Å². The molecule has 7 nitrogen and oxygen atoms in total. The van der Waals surface area contributed by atoms with E-state index in [2.05, 4.69) is 38.1 Å². The molecular weight excluding hydrogens is 328 g/mol. The Morgan fingerprint density at radius 2 is 1.69 bits per heavy atom. The van der Waals surface area contributed by atoms with Crippen LogP contribution in [0.5, 0.6) is 0 Å². The van der Waals surface area contributed by atoms with Gasteiger partial charge in [-0.2, -0.15) is 5.10 Å². The highest BCUT2D eigenvalue weighted by Crippen LogP contribution is 2.20. The number of hydrogen-bond acceptors (Lipinski definition) is 6. The number of likely N-dealkylation sites (N-methyl/N-ethyl adjacent to an activating group) is 1. The molecule has 1 amide bonds. The van der Waals surface area contributed by atoms with Crippen LogP contribution in [0.3, 0.4) is 0 Å². The van der Waals surface area contributed by atoms with Crippen LogP contribution in [0.4, 0.5) is 5.82 Å². The highest BCUT2D eigenvalue weighted by Gasteiger charge is 2.22. The molecule has 26 heavy (non-hydrogen) atoms. The molecule has 0 aromatic carbocycles. The Hall–Kier alpha value is -2.54. The van der Waals surface area contributed by atoms with Crippen molar-refractivity contribution >= 4 is 11.7 Å². The van der Waals surface area contributed by atoms with Crippen LogP contribution in [0.2, 0.25) is 0 Å². The van der Waals surface area contributed by atoms with Gasteiger partial charge in [0.15, 0.2) is 5.82 Å². The number of nitrogens with zero attached hydrogens (tertiary/aromatic N) is 6. The van der Waals surface area contributed by atoms with Gasteiger partial charge in [-0.1, -0.05) is 0 Å². The van der Waals surface area contributed by atoms with Gasteiger partial charge in [0.1, 0.15) is 0 Å². The van der Waals surface area contributed by atoms with E-state index in [0.29, 0.717) is 18.7 Å². The SMILES string of the molecule is CN1CCN(c2cc3c(nn2)CCN(C(=O)c2ccncc2)CC3)CC1. The molecule has 136 valence electrons. The Kier molecular flexibility index (Phi) is 4.79. The van der Waals surface area contributed by atoms with E-state index in [4.69, 9.17) is 0 Å². The minimum absolute atomic E-state index is 0.0625. The van der Waals surface area contributed by atoms with Gasteiger partial charge in [-0.15, -0.1) is 5.10 Å². The molecule has 4 heterocycles. The van der Waals surface area contributed by atoms with Gasteiger partial charge in [0, 0.05) is 63.6 Å². The molecule has 0 N–H and O–H groups in total. The molecule has 2 aromatic rings. The number of piperazine rings is 1. The normalized spacial score (nSPS) is 18.3. The van der Waals surface area contributed by atoms with E-state index in [1.54, 1.807) is 24.5 Å². The minimum atomic E-state index is 0.0625. The van der Waals surface area contributed by atoms with Gasteiger partial charge in [-0.3, -0.25) is 9.78 Å². The molecule has 0 saturated carbocycles. The molecule has 0 bridgehead atoms. The van der Waals surface area contributed by atoms with Gasteiger partial charge < -0.3 is 14.7 Å².